The van der Waals surface area contributed by atoms with E-state index in [-0.39, 0.29) is 12.1 Å². The van der Waals surface area contributed by atoms with Crippen LogP contribution in [-0.4, -0.2) is 5.97 Å². The lowest BCUT2D eigenvalue weighted by atomic mass is 10.1. The predicted molar refractivity (Wildman–Crippen MR) is 56.9 cm³/mol. The first kappa shape index (κ1) is 9.71. The summed E-state index contributed by atoms with van der Waals surface area (Å²) >= 11 is 3.47. The number of cyclic esters (lactones) is 1. The molecule has 0 aromatic heterocycles. The van der Waals surface area contributed by atoms with Crippen molar-refractivity contribution in [3.8, 4) is 0 Å². The summed E-state index contributed by atoms with van der Waals surface area (Å²) in [5.41, 5.74) is 2.27. The van der Waals surface area contributed by atoms with Crippen LogP contribution in [-0.2, 0) is 9.53 Å². The van der Waals surface area contributed by atoms with E-state index in [0.29, 0.717) is 6.42 Å². The largest absolute Gasteiger partial charge is 0.457 e. The van der Waals surface area contributed by atoms with Gasteiger partial charge in [0.25, 0.3) is 0 Å². The average Bonchev–Trinajstić information content (AvgIpc) is 2.57. The van der Waals surface area contributed by atoms with Gasteiger partial charge in [0, 0.05) is 10.9 Å². The Balaban J connectivity index is 2.24. The second-order valence-electron chi connectivity index (χ2n) is 3.53. The minimum absolute atomic E-state index is 0.0422. The van der Waals surface area contributed by atoms with Crippen LogP contribution < -0.4 is 0 Å². The van der Waals surface area contributed by atoms with Crippen LogP contribution >= 0.6 is 15.9 Å². The molecule has 14 heavy (non-hydrogen) atoms. The van der Waals surface area contributed by atoms with Crippen LogP contribution in [0.25, 0.3) is 0 Å². The Labute approximate surface area is 91.4 Å². The highest BCUT2D eigenvalue weighted by Gasteiger charge is 2.24. The molecule has 0 spiro atoms. The summed E-state index contributed by atoms with van der Waals surface area (Å²) in [5.74, 6) is -0.0910. The minimum atomic E-state index is -0.0910. The van der Waals surface area contributed by atoms with Gasteiger partial charge in [-0.2, -0.15) is 0 Å². The fraction of sp³-hybridized carbons (Fsp3) is 0.364. The van der Waals surface area contributed by atoms with Crippen molar-refractivity contribution in [2.24, 2.45) is 0 Å². The summed E-state index contributed by atoms with van der Waals surface area (Å²) in [6, 6.07) is 6.08. The third-order valence-electron chi connectivity index (χ3n) is 2.45. The van der Waals surface area contributed by atoms with Crippen LogP contribution in [0.4, 0.5) is 0 Å². The molecule has 2 rings (SSSR count). The van der Waals surface area contributed by atoms with Crippen molar-refractivity contribution in [3.05, 3.63) is 33.8 Å². The van der Waals surface area contributed by atoms with E-state index in [2.05, 4.69) is 15.9 Å². The summed E-state index contributed by atoms with van der Waals surface area (Å²) in [6.45, 7) is 2.04. The third-order valence-corrected chi connectivity index (χ3v) is 3.31. The lowest BCUT2D eigenvalue weighted by Crippen LogP contribution is -1.98. The lowest BCUT2D eigenvalue weighted by Gasteiger charge is -2.10. The number of carbonyl (C=O) groups excluding carboxylic acids is 1. The smallest absolute Gasteiger partial charge is 0.306 e. The molecule has 1 aromatic carbocycles. The molecule has 1 aliphatic rings. The van der Waals surface area contributed by atoms with Crippen LogP contribution in [0.5, 0.6) is 0 Å². The molecule has 0 N–H and O–H groups in total. The van der Waals surface area contributed by atoms with Crippen LogP contribution in [0, 0.1) is 6.92 Å². The maximum absolute atomic E-state index is 10.9. The van der Waals surface area contributed by atoms with Crippen molar-refractivity contribution in [1.82, 2.24) is 0 Å². The SMILES string of the molecule is Cc1ccc(C2CCC(=O)O2)cc1Br. The Bertz CT molecular complexity index is 374. The van der Waals surface area contributed by atoms with E-state index in [0.717, 1.165) is 16.5 Å². The molecule has 0 amide bonds. The van der Waals surface area contributed by atoms with E-state index in [9.17, 15) is 4.79 Å². The van der Waals surface area contributed by atoms with Gasteiger partial charge in [-0.1, -0.05) is 28.1 Å². The van der Waals surface area contributed by atoms with Crippen molar-refractivity contribution < 1.29 is 9.53 Å². The zero-order valence-corrected chi connectivity index (χ0v) is 9.50. The highest BCUT2D eigenvalue weighted by molar-refractivity contribution is 9.10. The number of rotatable bonds is 1. The Kier molecular flexibility index (Phi) is 2.59. The maximum Gasteiger partial charge on any atom is 0.306 e. The molecule has 1 aromatic rings. The number of hydrogen-bond acceptors (Lipinski definition) is 2. The summed E-state index contributed by atoms with van der Waals surface area (Å²) in [7, 11) is 0. The molecule has 1 fully saturated rings. The van der Waals surface area contributed by atoms with Crippen LogP contribution in [0.1, 0.15) is 30.1 Å². The topological polar surface area (TPSA) is 26.3 Å². The highest BCUT2D eigenvalue weighted by atomic mass is 79.9. The molecule has 1 saturated heterocycles. The fourth-order valence-corrected chi connectivity index (χ4v) is 1.97. The molecule has 0 bridgehead atoms. The molecule has 0 radical (unpaired) electrons. The summed E-state index contributed by atoms with van der Waals surface area (Å²) < 4.78 is 6.25. The molecule has 1 atom stereocenters. The fourth-order valence-electron chi connectivity index (χ4n) is 1.57. The van der Waals surface area contributed by atoms with Crippen molar-refractivity contribution in [2.45, 2.75) is 25.9 Å². The van der Waals surface area contributed by atoms with Crippen molar-refractivity contribution in [2.75, 3.05) is 0 Å². The Morgan fingerprint density at radius 3 is 2.86 bits per heavy atom. The molecule has 1 unspecified atom stereocenters. The minimum Gasteiger partial charge on any atom is -0.457 e. The summed E-state index contributed by atoms with van der Waals surface area (Å²) in [6.07, 6.45) is 1.30. The number of esters is 1. The van der Waals surface area contributed by atoms with Crippen LogP contribution in [0.15, 0.2) is 22.7 Å². The van der Waals surface area contributed by atoms with E-state index in [1.165, 1.54) is 5.56 Å². The molecule has 2 nitrogen and oxygen atoms in total. The normalized spacial score (nSPS) is 21.0. The van der Waals surface area contributed by atoms with Gasteiger partial charge in [0.05, 0.1) is 0 Å². The molecular weight excluding hydrogens is 244 g/mol. The predicted octanol–water partition coefficient (Wildman–Crippen LogP) is 3.14. The first-order valence-corrected chi connectivity index (χ1v) is 5.41. The van der Waals surface area contributed by atoms with Gasteiger partial charge in [0.2, 0.25) is 0 Å². The highest BCUT2D eigenvalue weighted by Crippen LogP contribution is 2.31. The van der Waals surface area contributed by atoms with Crippen LogP contribution in [0.3, 0.4) is 0 Å². The maximum atomic E-state index is 10.9. The molecule has 0 saturated carbocycles. The number of hydrogen-bond donors (Lipinski definition) is 0. The Hall–Kier alpha value is -0.830. The molecule has 74 valence electrons. The van der Waals surface area contributed by atoms with Gasteiger partial charge in [0.15, 0.2) is 0 Å². The van der Waals surface area contributed by atoms with Gasteiger partial charge in [-0.15, -0.1) is 0 Å². The zero-order chi connectivity index (χ0) is 10.1. The molecular formula is C11H11BrO2. The van der Waals surface area contributed by atoms with E-state index in [4.69, 9.17) is 4.74 Å². The quantitative estimate of drug-likeness (QED) is 0.720. The van der Waals surface area contributed by atoms with Crippen molar-refractivity contribution >= 4 is 21.9 Å². The first-order valence-electron chi connectivity index (χ1n) is 4.62. The standard InChI is InChI=1S/C11H11BrO2/c1-7-2-3-8(6-9(7)12)10-4-5-11(13)14-10/h2-3,6,10H,4-5H2,1H3. The monoisotopic (exact) mass is 254 g/mol. The number of aryl methyl sites for hydroxylation is 1. The number of halogens is 1. The van der Waals surface area contributed by atoms with Crippen molar-refractivity contribution in [1.29, 1.82) is 0 Å². The number of benzene rings is 1. The van der Waals surface area contributed by atoms with Crippen LogP contribution in [0.2, 0.25) is 0 Å². The molecule has 1 aliphatic heterocycles. The van der Waals surface area contributed by atoms with E-state index < -0.39 is 0 Å². The second kappa shape index (κ2) is 3.73. The molecule has 1 heterocycles. The summed E-state index contributed by atoms with van der Waals surface area (Å²) in [5, 5.41) is 0. The number of carbonyl (C=O) groups is 1. The third kappa shape index (κ3) is 1.82. The van der Waals surface area contributed by atoms with Crippen molar-refractivity contribution in [3.63, 3.8) is 0 Å². The average molecular weight is 255 g/mol. The van der Waals surface area contributed by atoms with E-state index in [1.54, 1.807) is 0 Å². The zero-order valence-electron chi connectivity index (χ0n) is 7.92. The van der Waals surface area contributed by atoms with Gasteiger partial charge < -0.3 is 4.74 Å². The first-order chi connectivity index (χ1) is 6.66. The number of ether oxygens (including phenoxy) is 1. The van der Waals surface area contributed by atoms with E-state index in [1.807, 2.05) is 25.1 Å². The summed E-state index contributed by atoms with van der Waals surface area (Å²) in [4.78, 5) is 10.9. The Morgan fingerprint density at radius 1 is 1.50 bits per heavy atom. The van der Waals surface area contributed by atoms with Gasteiger partial charge in [-0.25, -0.2) is 0 Å². The van der Waals surface area contributed by atoms with Gasteiger partial charge in [-0.05, 0) is 30.5 Å². The van der Waals surface area contributed by atoms with Gasteiger partial charge >= 0.3 is 5.97 Å². The van der Waals surface area contributed by atoms with E-state index >= 15 is 0 Å². The Morgan fingerprint density at radius 2 is 2.29 bits per heavy atom. The van der Waals surface area contributed by atoms with Gasteiger partial charge in [-0.3, -0.25) is 4.79 Å². The molecule has 3 heteroatoms. The molecule has 0 aliphatic carbocycles. The second-order valence-corrected chi connectivity index (χ2v) is 4.38. The van der Waals surface area contributed by atoms with Gasteiger partial charge in [0.1, 0.15) is 6.10 Å². The lowest BCUT2D eigenvalue weighted by molar-refractivity contribution is -0.141.